The Balaban J connectivity index is 2.34. The van der Waals surface area contributed by atoms with Gasteiger partial charge in [0.05, 0.1) is 0 Å². The van der Waals surface area contributed by atoms with Gasteiger partial charge in [-0.15, -0.1) is 18.3 Å². The maximum atomic E-state index is 3.79. The van der Waals surface area contributed by atoms with Gasteiger partial charge < -0.3 is 5.32 Å². The molecule has 0 radical (unpaired) electrons. The summed E-state index contributed by atoms with van der Waals surface area (Å²) in [4.78, 5) is 1.42. The number of thioether (sulfide) groups is 1. The standard InChI is InChI=1S/C19H31NS/c1-4-6-7-8-9-13-18(20-15-5-2)16-21-19-14-11-10-12-17(19)3/h4,10-12,14,18,20H,1,5-9,13,15-16H2,2-3H3. The molecule has 1 nitrogen and oxygen atoms in total. The molecule has 118 valence electrons. The highest BCUT2D eigenvalue weighted by Gasteiger charge is 2.09. The highest BCUT2D eigenvalue weighted by molar-refractivity contribution is 7.99. The van der Waals surface area contributed by atoms with Gasteiger partial charge in [0.25, 0.3) is 0 Å². The van der Waals surface area contributed by atoms with Crippen molar-refractivity contribution in [1.29, 1.82) is 0 Å². The lowest BCUT2D eigenvalue weighted by molar-refractivity contribution is 0.490. The zero-order valence-corrected chi connectivity index (χ0v) is 14.6. The zero-order valence-electron chi connectivity index (χ0n) is 13.7. The minimum atomic E-state index is 0.637. The highest BCUT2D eigenvalue weighted by Crippen LogP contribution is 2.23. The van der Waals surface area contributed by atoms with E-state index in [0.717, 1.165) is 13.0 Å². The van der Waals surface area contributed by atoms with Gasteiger partial charge in [-0.1, -0.05) is 44.0 Å². The lowest BCUT2D eigenvalue weighted by Gasteiger charge is -2.18. The van der Waals surface area contributed by atoms with Crippen LogP contribution in [-0.2, 0) is 0 Å². The number of allylic oxidation sites excluding steroid dienone is 1. The molecule has 0 fully saturated rings. The van der Waals surface area contributed by atoms with Crippen molar-refractivity contribution >= 4 is 11.8 Å². The van der Waals surface area contributed by atoms with Gasteiger partial charge in [-0.05, 0) is 50.8 Å². The SMILES string of the molecule is C=CCCCCCC(CSc1ccccc1C)NCCC. The molecule has 0 aliphatic rings. The molecule has 1 aromatic rings. The Hall–Kier alpha value is -0.730. The van der Waals surface area contributed by atoms with E-state index in [2.05, 4.69) is 50.0 Å². The van der Waals surface area contributed by atoms with E-state index < -0.39 is 0 Å². The first kappa shape index (κ1) is 18.3. The first-order valence-corrected chi connectivity index (χ1v) is 9.29. The van der Waals surface area contributed by atoms with Gasteiger partial charge in [0, 0.05) is 16.7 Å². The first-order chi connectivity index (χ1) is 10.3. The second-order valence-corrected chi connectivity index (χ2v) is 6.72. The van der Waals surface area contributed by atoms with Crippen LogP contribution in [0.1, 0.15) is 51.0 Å². The predicted octanol–water partition coefficient (Wildman–Crippen LogP) is 5.59. The van der Waals surface area contributed by atoms with Crippen LogP contribution in [0.25, 0.3) is 0 Å². The molecule has 0 heterocycles. The van der Waals surface area contributed by atoms with Crippen molar-refractivity contribution < 1.29 is 0 Å². The van der Waals surface area contributed by atoms with Crippen LogP contribution in [0.2, 0.25) is 0 Å². The summed E-state index contributed by atoms with van der Waals surface area (Å²) in [6, 6.07) is 9.33. The molecule has 0 bridgehead atoms. The van der Waals surface area contributed by atoms with Gasteiger partial charge in [-0.3, -0.25) is 0 Å². The summed E-state index contributed by atoms with van der Waals surface area (Å²) in [5.74, 6) is 1.17. The minimum absolute atomic E-state index is 0.637. The molecule has 1 unspecified atom stereocenters. The largest absolute Gasteiger partial charge is 0.313 e. The van der Waals surface area contributed by atoms with E-state index in [1.807, 2.05) is 17.8 Å². The Morgan fingerprint density at radius 3 is 2.76 bits per heavy atom. The normalized spacial score (nSPS) is 12.3. The van der Waals surface area contributed by atoms with E-state index in [1.165, 1.54) is 48.3 Å². The lowest BCUT2D eigenvalue weighted by atomic mass is 10.1. The van der Waals surface area contributed by atoms with Crippen molar-refractivity contribution in [3.63, 3.8) is 0 Å². The topological polar surface area (TPSA) is 12.0 Å². The summed E-state index contributed by atoms with van der Waals surface area (Å²) in [6.45, 7) is 9.36. The maximum absolute atomic E-state index is 3.79. The molecule has 0 saturated heterocycles. The molecule has 21 heavy (non-hydrogen) atoms. The summed E-state index contributed by atoms with van der Waals surface area (Å²) in [7, 11) is 0. The fourth-order valence-corrected chi connectivity index (χ4v) is 3.49. The van der Waals surface area contributed by atoms with Crippen LogP contribution in [0.4, 0.5) is 0 Å². The first-order valence-electron chi connectivity index (χ1n) is 8.30. The van der Waals surface area contributed by atoms with Crippen LogP contribution < -0.4 is 5.32 Å². The number of hydrogen-bond acceptors (Lipinski definition) is 2. The number of nitrogens with one attached hydrogen (secondary N) is 1. The molecule has 0 amide bonds. The third kappa shape index (κ3) is 8.33. The van der Waals surface area contributed by atoms with Crippen molar-refractivity contribution in [3.05, 3.63) is 42.5 Å². The van der Waals surface area contributed by atoms with Gasteiger partial charge in [0.2, 0.25) is 0 Å². The Bertz CT molecular complexity index is 389. The molecule has 0 saturated carbocycles. The monoisotopic (exact) mass is 305 g/mol. The van der Waals surface area contributed by atoms with E-state index in [0.29, 0.717) is 6.04 Å². The molecule has 1 aromatic carbocycles. The van der Waals surface area contributed by atoms with Crippen molar-refractivity contribution in [2.24, 2.45) is 0 Å². The van der Waals surface area contributed by atoms with E-state index in [1.54, 1.807) is 0 Å². The molecule has 0 spiro atoms. The van der Waals surface area contributed by atoms with Crippen LogP contribution >= 0.6 is 11.8 Å². The molecule has 0 aliphatic heterocycles. The average molecular weight is 306 g/mol. The number of unbranched alkanes of at least 4 members (excludes halogenated alkanes) is 3. The number of rotatable bonds is 12. The number of benzene rings is 1. The van der Waals surface area contributed by atoms with Crippen molar-refractivity contribution in [2.45, 2.75) is 63.3 Å². The zero-order chi connectivity index (χ0) is 15.3. The third-order valence-corrected chi connectivity index (χ3v) is 5.02. The Morgan fingerprint density at radius 2 is 2.05 bits per heavy atom. The number of hydrogen-bond donors (Lipinski definition) is 1. The molecule has 0 aromatic heterocycles. The van der Waals surface area contributed by atoms with Crippen LogP contribution in [-0.4, -0.2) is 18.3 Å². The lowest BCUT2D eigenvalue weighted by Crippen LogP contribution is -2.32. The van der Waals surface area contributed by atoms with Gasteiger partial charge in [-0.2, -0.15) is 0 Å². The second kappa shape index (κ2) is 11.9. The summed E-state index contributed by atoms with van der Waals surface area (Å²) in [5.41, 5.74) is 1.39. The predicted molar refractivity (Wildman–Crippen MR) is 97.3 cm³/mol. The Kier molecular flexibility index (Phi) is 10.4. The third-order valence-electron chi connectivity index (χ3n) is 3.68. The van der Waals surface area contributed by atoms with Crippen molar-refractivity contribution in [3.8, 4) is 0 Å². The van der Waals surface area contributed by atoms with Gasteiger partial charge in [0.15, 0.2) is 0 Å². The molecular formula is C19H31NS. The van der Waals surface area contributed by atoms with E-state index in [4.69, 9.17) is 0 Å². The van der Waals surface area contributed by atoms with Crippen molar-refractivity contribution in [1.82, 2.24) is 5.32 Å². The van der Waals surface area contributed by atoms with Crippen molar-refractivity contribution in [2.75, 3.05) is 12.3 Å². The quantitative estimate of drug-likeness (QED) is 0.307. The van der Waals surface area contributed by atoms with E-state index in [-0.39, 0.29) is 0 Å². The average Bonchev–Trinajstić information content (AvgIpc) is 2.50. The molecule has 0 aliphatic carbocycles. The second-order valence-electron chi connectivity index (χ2n) is 5.65. The fraction of sp³-hybridized carbons (Fsp3) is 0.579. The Morgan fingerprint density at radius 1 is 1.24 bits per heavy atom. The van der Waals surface area contributed by atoms with Gasteiger partial charge >= 0.3 is 0 Å². The van der Waals surface area contributed by atoms with Gasteiger partial charge in [0.1, 0.15) is 0 Å². The number of aryl methyl sites for hydroxylation is 1. The van der Waals surface area contributed by atoms with Crippen LogP contribution in [0.3, 0.4) is 0 Å². The highest BCUT2D eigenvalue weighted by atomic mass is 32.2. The van der Waals surface area contributed by atoms with E-state index >= 15 is 0 Å². The molecule has 1 atom stereocenters. The molecule has 1 N–H and O–H groups in total. The van der Waals surface area contributed by atoms with Crippen LogP contribution in [0, 0.1) is 6.92 Å². The summed E-state index contributed by atoms with van der Waals surface area (Å²) < 4.78 is 0. The molecular weight excluding hydrogens is 274 g/mol. The Labute approximate surface area is 135 Å². The molecule has 1 rings (SSSR count). The fourth-order valence-electron chi connectivity index (χ4n) is 2.36. The summed E-state index contributed by atoms with van der Waals surface area (Å²) >= 11 is 2.00. The maximum Gasteiger partial charge on any atom is 0.0161 e. The van der Waals surface area contributed by atoms with Crippen LogP contribution in [0.5, 0.6) is 0 Å². The van der Waals surface area contributed by atoms with E-state index in [9.17, 15) is 0 Å². The summed E-state index contributed by atoms with van der Waals surface area (Å²) in [5, 5.41) is 3.71. The van der Waals surface area contributed by atoms with Gasteiger partial charge in [-0.25, -0.2) is 0 Å². The molecule has 2 heteroatoms. The minimum Gasteiger partial charge on any atom is -0.313 e. The van der Waals surface area contributed by atoms with Crippen LogP contribution in [0.15, 0.2) is 41.8 Å². The smallest absolute Gasteiger partial charge is 0.0161 e. The summed E-state index contributed by atoms with van der Waals surface area (Å²) in [6.07, 6.45) is 9.62.